The van der Waals surface area contributed by atoms with Crippen molar-refractivity contribution < 1.29 is 9.84 Å². The third-order valence-corrected chi connectivity index (χ3v) is 7.97. The summed E-state index contributed by atoms with van der Waals surface area (Å²) in [5, 5.41) is 10.8. The fraction of sp³-hybridized carbons (Fsp3) is 0.619. The highest BCUT2D eigenvalue weighted by Gasteiger charge is 2.80. The molecule has 2 nitrogen and oxygen atoms in total. The molecule has 122 valence electrons. The minimum Gasteiger partial charge on any atom is -0.497 e. The second-order valence-corrected chi connectivity index (χ2v) is 8.76. The lowest BCUT2D eigenvalue weighted by Crippen LogP contribution is -2.41. The van der Waals surface area contributed by atoms with Crippen molar-refractivity contribution in [2.45, 2.75) is 58.5 Å². The first-order valence-electron chi connectivity index (χ1n) is 9.03. The molecule has 4 aliphatic carbocycles. The van der Waals surface area contributed by atoms with Crippen molar-refractivity contribution in [2.75, 3.05) is 7.11 Å². The van der Waals surface area contributed by atoms with Gasteiger partial charge in [0.1, 0.15) is 5.75 Å². The van der Waals surface area contributed by atoms with Gasteiger partial charge in [0.25, 0.3) is 0 Å². The van der Waals surface area contributed by atoms with Crippen LogP contribution in [0.4, 0.5) is 0 Å². The zero-order valence-corrected chi connectivity index (χ0v) is 14.4. The molecule has 0 aromatic heterocycles. The topological polar surface area (TPSA) is 29.5 Å². The molecule has 1 aromatic carbocycles. The Labute approximate surface area is 138 Å². The summed E-state index contributed by atoms with van der Waals surface area (Å²) in [6.07, 6.45) is 6.72. The molecule has 23 heavy (non-hydrogen) atoms. The third-order valence-electron chi connectivity index (χ3n) is 7.97. The largest absolute Gasteiger partial charge is 0.497 e. The average Bonchev–Trinajstić information content (AvgIpc) is 3.11. The molecular weight excluding hydrogens is 284 g/mol. The summed E-state index contributed by atoms with van der Waals surface area (Å²) in [7, 11) is 1.75. The van der Waals surface area contributed by atoms with Crippen LogP contribution in [0.3, 0.4) is 0 Å². The number of fused-ring (bicyclic) bond motifs is 2. The van der Waals surface area contributed by atoms with Gasteiger partial charge in [-0.05, 0) is 72.8 Å². The van der Waals surface area contributed by atoms with Gasteiger partial charge in [-0.3, -0.25) is 0 Å². The van der Waals surface area contributed by atoms with Crippen LogP contribution in [-0.2, 0) is 6.42 Å². The Bertz CT molecular complexity index is 748. The first kappa shape index (κ1) is 14.1. The van der Waals surface area contributed by atoms with Crippen molar-refractivity contribution in [2.24, 2.45) is 16.2 Å². The molecule has 1 N–H and O–H groups in total. The molecule has 4 atom stereocenters. The Kier molecular flexibility index (Phi) is 2.47. The molecule has 0 heterocycles. The number of rotatable bonds is 1. The molecule has 0 unspecified atom stereocenters. The summed E-state index contributed by atoms with van der Waals surface area (Å²) < 4.78 is 5.41. The molecule has 0 radical (unpaired) electrons. The van der Waals surface area contributed by atoms with Crippen molar-refractivity contribution >= 4 is 5.57 Å². The zero-order chi connectivity index (χ0) is 16.0. The number of methoxy groups -OCH3 is 1. The fourth-order valence-electron chi connectivity index (χ4n) is 6.72. The van der Waals surface area contributed by atoms with Gasteiger partial charge < -0.3 is 9.84 Å². The molecule has 0 amide bonds. The molecule has 1 spiro atoms. The number of aliphatic hydroxyl groups is 1. The Morgan fingerprint density at radius 1 is 1.17 bits per heavy atom. The first-order valence-corrected chi connectivity index (χ1v) is 9.03. The van der Waals surface area contributed by atoms with Crippen LogP contribution < -0.4 is 4.74 Å². The molecule has 0 bridgehead atoms. The van der Waals surface area contributed by atoms with Crippen LogP contribution in [0.25, 0.3) is 5.57 Å². The predicted octanol–water partition coefficient (Wildman–Crippen LogP) is 4.36. The van der Waals surface area contributed by atoms with E-state index in [4.69, 9.17) is 4.74 Å². The highest BCUT2D eigenvalue weighted by Crippen LogP contribution is 2.86. The van der Waals surface area contributed by atoms with Crippen LogP contribution >= 0.6 is 0 Å². The van der Waals surface area contributed by atoms with Gasteiger partial charge in [0.2, 0.25) is 0 Å². The van der Waals surface area contributed by atoms with Gasteiger partial charge in [-0.25, -0.2) is 0 Å². The van der Waals surface area contributed by atoms with E-state index in [1.165, 1.54) is 24.0 Å². The first-order chi connectivity index (χ1) is 11.0. The van der Waals surface area contributed by atoms with Gasteiger partial charge in [-0.1, -0.05) is 25.5 Å². The molecule has 0 aliphatic heterocycles. The quantitative estimate of drug-likeness (QED) is 0.835. The second-order valence-electron chi connectivity index (χ2n) is 8.76. The van der Waals surface area contributed by atoms with Gasteiger partial charge in [0.05, 0.1) is 13.2 Å². The summed E-state index contributed by atoms with van der Waals surface area (Å²) in [5.74, 6) is 0.971. The number of ether oxygens (including phenoxy) is 1. The van der Waals surface area contributed by atoms with E-state index in [9.17, 15) is 5.11 Å². The van der Waals surface area contributed by atoms with Crippen molar-refractivity contribution in [3.63, 3.8) is 0 Å². The van der Waals surface area contributed by atoms with Crippen molar-refractivity contribution in [1.82, 2.24) is 0 Å². The molecular formula is C21H26O2. The van der Waals surface area contributed by atoms with Crippen LogP contribution in [0.15, 0.2) is 23.8 Å². The Morgan fingerprint density at radius 3 is 2.78 bits per heavy atom. The van der Waals surface area contributed by atoms with Crippen LogP contribution in [0.5, 0.6) is 5.75 Å². The van der Waals surface area contributed by atoms with Gasteiger partial charge in [-0.15, -0.1) is 0 Å². The standard InChI is InChI=1S/C21H26O2/c1-19-11-18(22)20(2)9-8-16-15-6-5-14(23-3)10-13(15)4-7-17(16)21(19,20)12-19/h5-6,10,18,22H,4,7-9,11-12H2,1-3H3/t18-,19+,20-,21+/m1/s1. The van der Waals surface area contributed by atoms with Crippen LogP contribution in [0.2, 0.25) is 0 Å². The van der Waals surface area contributed by atoms with Crippen LogP contribution in [-0.4, -0.2) is 18.3 Å². The fourth-order valence-corrected chi connectivity index (χ4v) is 6.72. The Morgan fingerprint density at radius 2 is 2.00 bits per heavy atom. The van der Waals surface area contributed by atoms with E-state index in [2.05, 4.69) is 32.0 Å². The Balaban J connectivity index is 1.69. The minimum atomic E-state index is -0.118. The monoisotopic (exact) mass is 310 g/mol. The molecule has 5 rings (SSSR count). The maximum atomic E-state index is 10.8. The lowest BCUT2D eigenvalue weighted by Gasteiger charge is -2.46. The van der Waals surface area contributed by atoms with Crippen molar-refractivity contribution in [3.8, 4) is 5.75 Å². The molecule has 2 fully saturated rings. The normalized spacial score (nSPS) is 43.4. The lowest BCUT2D eigenvalue weighted by atomic mass is 9.58. The number of benzene rings is 1. The van der Waals surface area contributed by atoms with Crippen LogP contribution in [0.1, 0.15) is 57.1 Å². The average molecular weight is 310 g/mol. The van der Waals surface area contributed by atoms with Gasteiger partial charge in [-0.2, -0.15) is 0 Å². The number of allylic oxidation sites excluding steroid dienone is 2. The molecule has 2 heteroatoms. The van der Waals surface area contributed by atoms with Crippen molar-refractivity contribution in [1.29, 1.82) is 0 Å². The summed E-state index contributed by atoms with van der Waals surface area (Å²) in [6, 6.07) is 6.60. The number of aliphatic hydroxyl groups excluding tert-OH is 1. The maximum Gasteiger partial charge on any atom is 0.119 e. The van der Waals surface area contributed by atoms with E-state index >= 15 is 0 Å². The van der Waals surface area contributed by atoms with E-state index in [-0.39, 0.29) is 16.9 Å². The number of aryl methyl sites for hydroxylation is 1. The van der Waals surface area contributed by atoms with E-state index in [1.54, 1.807) is 18.3 Å². The van der Waals surface area contributed by atoms with E-state index in [1.807, 2.05) is 0 Å². The minimum absolute atomic E-state index is 0.102. The van der Waals surface area contributed by atoms with Gasteiger partial charge in [0.15, 0.2) is 0 Å². The van der Waals surface area contributed by atoms with E-state index in [0.29, 0.717) is 5.41 Å². The summed E-state index contributed by atoms with van der Waals surface area (Å²) in [6.45, 7) is 4.78. The summed E-state index contributed by atoms with van der Waals surface area (Å²) >= 11 is 0. The second kappa shape index (κ2) is 4.03. The van der Waals surface area contributed by atoms with Crippen molar-refractivity contribution in [3.05, 3.63) is 34.9 Å². The number of hydrogen-bond donors (Lipinski definition) is 1. The van der Waals surface area contributed by atoms with Gasteiger partial charge >= 0.3 is 0 Å². The highest BCUT2D eigenvalue weighted by atomic mass is 16.5. The van der Waals surface area contributed by atoms with E-state index in [0.717, 1.165) is 31.4 Å². The molecule has 1 aromatic rings. The van der Waals surface area contributed by atoms with Gasteiger partial charge in [0, 0.05) is 10.8 Å². The van der Waals surface area contributed by atoms with E-state index < -0.39 is 0 Å². The summed E-state index contributed by atoms with van der Waals surface area (Å²) in [5.41, 5.74) is 6.93. The number of hydrogen-bond acceptors (Lipinski definition) is 2. The third kappa shape index (κ3) is 1.41. The Hall–Kier alpha value is -1.28. The smallest absolute Gasteiger partial charge is 0.119 e. The zero-order valence-electron chi connectivity index (χ0n) is 14.4. The maximum absolute atomic E-state index is 10.8. The highest BCUT2D eigenvalue weighted by molar-refractivity contribution is 5.77. The molecule has 0 saturated heterocycles. The summed E-state index contributed by atoms with van der Waals surface area (Å²) in [4.78, 5) is 0. The molecule has 2 saturated carbocycles. The SMILES string of the molecule is COc1ccc2c(c1)CCC1=C2CC[C@]2(C)[C@H](O)C[C@@]3(C)C[C@]132. The lowest BCUT2D eigenvalue weighted by molar-refractivity contribution is 0.0114. The van der Waals surface area contributed by atoms with Crippen LogP contribution in [0, 0.1) is 16.2 Å². The predicted molar refractivity (Wildman–Crippen MR) is 91.4 cm³/mol. The molecule has 4 aliphatic rings.